The minimum absolute atomic E-state index is 0.192. The third-order valence-corrected chi connectivity index (χ3v) is 3.38. The standard InChI is InChI=1S/C13H20N4O/c1-9-7-13(16-10(2)15-9)17-5-3-11(4-6-17)8-12(14)18/h7,11H,3-6,8H2,1-2H3,(H2,14,18). The van der Waals surface area contributed by atoms with Crippen LogP contribution in [0.1, 0.15) is 30.8 Å². The Labute approximate surface area is 107 Å². The fourth-order valence-electron chi connectivity index (χ4n) is 2.51. The van der Waals surface area contributed by atoms with Crippen LogP contribution >= 0.6 is 0 Å². The van der Waals surface area contributed by atoms with Gasteiger partial charge in [-0.25, -0.2) is 9.97 Å². The first-order chi connectivity index (χ1) is 8.54. The molecule has 0 bridgehead atoms. The van der Waals surface area contributed by atoms with Crippen LogP contribution in [-0.2, 0) is 4.79 Å². The molecule has 0 spiro atoms. The van der Waals surface area contributed by atoms with E-state index < -0.39 is 0 Å². The highest BCUT2D eigenvalue weighted by atomic mass is 16.1. The Morgan fingerprint density at radius 2 is 2.06 bits per heavy atom. The van der Waals surface area contributed by atoms with Crippen LogP contribution in [0.15, 0.2) is 6.07 Å². The molecule has 5 heteroatoms. The Morgan fingerprint density at radius 3 is 2.61 bits per heavy atom. The molecule has 1 saturated heterocycles. The van der Waals surface area contributed by atoms with Crippen LogP contribution in [0.4, 0.5) is 5.82 Å². The molecule has 2 N–H and O–H groups in total. The van der Waals surface area contributed by atoms with Crippen molar-refractivity contribution in [1.82, 2.24) is 9.97 Å². The first-order valence-electron chi connectivity index (χ1n) is 6.40. The molecule has 1 aromatic rings. The average Bonchev–Trinajstić information content (AvgIpc) is 2.27. The van der Waals surface area contributed by atoms with E-state index in [0.29, 0.717) is 12.3 Å². The zero-order valence-corrected chi connectivity index (χ0v) is 11.0. The molecule has 1 aliphatic heterocycles. The lowest BCUT2D eigenvalue weighted by molar-refractivity contribution is -0.119. The van der Waals surface area contributed by atoms with E-state index in [-0.39, 0.29) is 5.91 Å². The number of carbonyl (C=O) groups is 1. The van der Waals surface area contributed by atoms with Crippen LogP contribution < -0.4 is 10.6 Å². The third-order valence-electron chi connectivity index (χ3n) is 3.38. The number of aryl methyl sites for hydroxylation is 2. The Hall–Kier alpha value is -1.65. The van der Waals surface area contributed by atoms with E-state index in [0.717, 1.165) is 43.3 Å². The molecule has 0 atom stereocenters. The first kappa shape index (κ1) is 12.8. The summed E-state index contributed by atoms with van der Waals surface area (Å²) in [5.41, 5.74) is 6.23. The molecule has 0 aliphatic carbocycles. The summed E-state index contributed by atoms with van der Waals surface area (Å²) in [5, 5.41) is 0. The van der Waals surface area contributed by atoms with E-state index in [1.807, 2.05) is 19.9 Å². The van der Waals surface area contributed by atoms with Gasteiger partial charge < -0.3 is 10.6 Å². The second-order valence-corrected chi connectivity index (χ2v) is 5.02. The number of amides is 1. The summed E-state index contributed by atoms with van der Waals surface area (Å²) < 4.78 is 0. The summed E-state index contributed by atoms with van der Waals surface area (Å²) in [6.45, 7) is 5.77. The van der Waals surface area contributed by atoms with Crippen LogP contribution in [0.2, 0.25) is 0 Å². The number of primary amides is 1. The zero-order valence-electron chi connectivity index (χ0n) is 11.0. The summed E-state index contributed by atoms with van der Waals surface area (Å²) in [6.07, 6.45) is 2.52. The average molecular weight is 248 g/mol. The molecule has 1 fully saturated rings. The van der Waals surface area contributed by atoms with Gasteiger partial charge in [0.2, 0.25) is 5.91 Å². The van der Waals surface area contributed by atoms with Crippen LogP contribution in [0.25, 0.3) is 0 Å². The summed E-state index contributed by atoms with van der Waals surface area (Å²) >= 11 is 0. The Bertz CT molecular complexity index is 418. The number of hydrogen-bond acceptors (Lipinski definition) is 4. The molecule has 5 nitrogen and oxygen atoms in total. The van der Waals surface area contributed by atoms with E-state index in [4.69, 9.17) is 5.73 Å². The van der Waals surface area contributed by atoms with Crippen molar-refractivity contribution in [1.29, 1.82) is 0 Å². The third kappa shape index (κ3) is 3.18. The lowest BCUT2D eigenvalue weighted by Crippen LogP contribution is -2.35. The van der Waals surface area contributed by atoms with Gasteiger partial charge in [-0.2, -0.15) is 0 Å². The predicted molar refractivity (Wildman–Crippen MR) is 70.3 cm³/mol. The molecule has 1 aliphatic rings. The van der Waals surface area contributed by atoms with Crippen molar-refractivity contribution in [3.05, 3.63) is 17.6 Å². The minimum atomic E-state index is -0.192. The number of carbonyl (C=O) groups excluding carboxylic acids is 1. The SMILES string of the molecule is Cc1cc(N2CCC(CC(N)=O)CC2)nc(C)n1. The maximum absolute atomic E-state index is 10.9. The highest BCUT2D eigenvalue weighted by molar-refractivity contribution is 5.74. The molecule has 0 aromatic carbocycles. The largest absolute Gasteiger partial charge is 0.370 e. The van der Waals surface area contributed by atoms with Crippen LogP contribution in [0, 0.1) is 19.8 Å². The van der Waals surface area contributed by atoms with E-state index in [9.17, 15) is 4.79 Å². The van der Waals surface area contributed by atoms with Crippen molar-refractivity contribution in [2.75, 3.05) is 18.0 Å². The van der Waals surface area contributed by atoms with Crippen molar-refractivity contribution in [2.45, 2.75) is 33.1 Å². The summed E-state index contributed by atoms with van der Waals surface area (Å²) in [7, 11) is 0. The van der Waals surface area contributed by atoms with Crippen molar-refractivity contribution < 1.29 is 4.79 Å². The lowest BCUT2D eigenvalue weighted by Gasteiger charge is -2.32. The van der Waals surface area contributed by atoms with E-state index in [1.54, 1.807) is 0 Å². The number of hydrogen-bond donors (Lipinski definition) is 1. The molecule has 1 aromatic heterocycles. The van der Waals surface area contributed by atoms with Gasteiger partial charge in [-0.05, 0) is 32.6 Å². The summed E-state index contributed by atoms with van der Waals surface area (Å²) in [6, 6.07) is 2.02. The molecule has 18 heavy (non-hydrogen) atoms. The normalized spacial score (nSPS) is 16.9. The maximum Gasteiger partial charge on any atom is 0.217 e. The van der Waals surface area contributed by atoms with Gasteiger partial charge in [-0.3, -0.25) is 4.79 Å². The highest BCUT2D eigenvalue weighted by Gasteiger charge is 2.21. The van der Waals surface area contributed by atoms with Crippen LogP contribution in [0.5, 0.6) is 0 Å². The number of piperidine rings is 1. The molecule has 1 amide bonds. The lowest BCUT2D eigenvalue weighted by atomic mass is 9.93. The van der Waals surface area contributed by atoms with Crippen LogP contribution in [-0.4, -0.2) is 29.0 Å². The molecular formula is C13H20N4O. The Morgan fingerprint density at radius 1 is 1.39 bits per heavy atom. The smallest absolute Gasteiger partial charge is 0.217 e. The molecule has 0 radical (unpaired) electrons. The van der Waals surface area contributed by atoms with Crippen molar-refractivity contribution in [3.8, 4) is 0 Å². The molecular weight excluding hydrogens is 228 g/mol. The second-order valence-electron chi connectivity index (χ2n) is 5.02. The topological polar surface area (TPSA) is 72.1 Å². The fourth-order valence-corrected chi connectivity index (χ4v) is 2.51. The van der Waals surface area contributed by atoms with Gasteiger partial charge in [0.05, 0.1) is 0 Å². The van der Waals surface area contributed by atoms with Crippen molar-refractivity contribution in [3.63, 3.8) is 0 Å². The maximum atomic E-state index is 10.9. The highest BCUT2D eigenvalue weighted by Crippen LogP contribution is 2.24. The molecule has 98 valence electrons. The van der Waals surface area contributed by atoms with Crippen molar-refractivity contribution >= 4 is 11.7 Å². The number of rotatable bonds is 3. The van der Waals surface area contributed by atoms with Gasteiger partial charge in [-0.1, -0.05) is 0 Å². The van der Waals surface area contributed by atoms with Gasteiger partial charge in [0.1, 0.15) is 11.6 Å². The molecule has 2 heterocycles. The zero-order chi connectivity index (χ0) is 13.1. The Balaban J connectivity index is 1.98. The number of anilines is 1. The monoisotopic (exact) mass is 248 g/mol. The van der Waals surface area contributed by atoms with Gasteiger partial charge >= 0.3 is 0 Å². The van der Waals surface area contributed by atoms with E-state index in [2.05, 4.69) is 14.9 Å². The molecule has 2 rings (SSSR count). The quantitative estimate of drug-likeness (QED) is 0.872. The molecule has 0 unspecified atom stereocenters. The van der Waals surface area contributed by atoms with Gasteiger partial charge in [0.25, 0.3) is 0 Å². The fraction of sp³-hybridized carbons (Fsp3) is 0.615. The summed E-state index contributed by atoms with van der Waals surface area (Å²) in [4.78, 5) is 21.9. The predicted octanol–water partition coefficient (Wildman–Crippen LogP) is 1.19. The van der Waals surface area contributed by atoms with E-state index >= 15 is 0 Å². The Kier molecular flexibility index (Phi) is 3.79. The van der Waals surface area contributed by atoms with E-state index in [1.165, 1.54) is 0 Å². The van der Waals surface area contributed by atoms with Crippen molar-refractivity contribution in [2.24, 2.45) is 11.7 Å². The molecule has 0 saturated carbocycles. The van der Waals surface area contributed by atoms with Gasteiger partial charge in [-0.15, -0.1) is 0 Å². The van der Waals surface area contributed by atoms with Crippen LogP contribution in [0.3, 0.4) is 0 Å². The number of nitrogens with zero attached hydrogens (tertiary/aromatic N) is 3. The number of aromatic nitrogens is 2. The van der Waals surface area contributed by atoms with Gasteiger partial charge in [0.15, 0.2) is 0 Å². The minimum Gasteiger partial charge on any atom is -0.370 e. The number of nitrogens with two attached hydrogens (primary N) is 1. The summed E-state index contributed by atoms with van der Waals surface area (Å²) in [5.74, 6) is 2.05. The second kappa shape index (κ2) is 5.33. The van der Waals surface area contributed by atoms with Gasteiger partial charge in [0, 0.05) is 31.3 Å². The first-order valence-corrected chi connectivity index (χ1v) is 6.40.